The summed E-state index contributed by atoms with van der Waals surface area (Å²) in [5, 5.41) is 7.55. The van der Waals surface area contributed by atoms with Crippen molar-refractivity contribution in [2.24, 2.45) is 0 Å². The summed E-state index contributed by atoms with van der Waals surface area (Å²) in [5.41, 5.74) is 17.5. The van der Waals surface area contributed by atoms with E-state index in [0.717, 1.165) is 22.6 Å². The summed E-state index contributed by atoms with van der Waals surface area (Å²) < 4.78 is 0. The van der Waals surface area contributed by atoms with E-state index in [0.29, 0.717) is 0 Å². The lowest BCUT2D eigenvalue weighted by Gasteiger charge is -2.35. The Morgan fingerprint density at radius 3 is 1.54 bits per heavy atom. The van der Waals surface area contributed by atoms with Crippen LogP contribution in [-0.4, -0.2) is 0 Å². The Bertz CT molecular complexity index is 3800. The first kappa shape index (κ1) is 39.6. The van der Waals surface area contributed by atoms with Crippen molar-refractivity contribution >= 4 is 49.4 Å². The van der Waals surface area contributed by atoms with Crippen LogP contribution in [0.5, 0.6) is 0 Å². The van der Waals surface area contributed by atoms with E-state index in [4.69, 9.17) is 0 Å². The Balaban J connectivity index is 1.00. The molecule has 0 atom stereocenters. The van der Waals surface area contributed by atoms with E-state index in [1.54, 1.807) is 0 Å². The molecule has 0 saturated heterocycles. The monoisotopic (exact) mass is 863 g/mol. The van der Waals surface area contributed by atoms with E-state index in [9.17, 15) is 0 Å². The Morgan fingerprint density at radius 2 is 0.765 bits per heavy atom. The van der Waals surface area contributed by atoms with Gasteiger partial charge in [0.05, 0.1) is 5.41 Å². The van der Waals surface area contributed by atoms with E-state index < -0.39 is 5.41 Å². The molecule has 0 spiro atoms. The summed E-state index contributed by atoms with van der Waals surface area (Å²) in [7, 11) is 0. The minimum absolute atomic E-state index is 0.527. The first-order valence-corrected chi connectivity index (χ1v) is 23.6. The van der Waals surface area contributed by atoms with Crippen molar-refractivity contribution in [3.63, 3.8) is 0 Å². The molecule has 0 radical (unpaired) electrons. The fourth-order valence-electron chi connectivity index (χ4n) is 11.3. The third-order valence-electron chi connectivity index (χ3n) is 14.3. The highest BCUT2D eigenvalue weighted by Crippen LogP contribution is 2.57. The van der Waals surface area contributed by atoms with Crippen LogP contribution >= 0.6 is 0 Å². The van der Waals surface area contributed by atoms with E-state index >= 15 is 0 Å². The molecule has 0 aromatic heterocycles. The van der Waals surface area contributed by atoms with Gasteiger partial charge in [-0.3, -0.25) is 0 Å². The second-order valence-corrected chi connectivity index (χ2v) is 18.0. The van der Waals surface area contributed by atoms with Gasteiger partial charge in [0, 0.05) is 17.1 Å². The molecule has 318 valence electrons. The zero-order valence-electron chi connectivity index (χ0n) is 37.4. The largest absolute Gasteiger partial charge is 0.310 e. The molecule has 13 rings (SSSR count). The van der Waals surface area contributed by atoms with E-state index in [1.807, 2.05) is 0 Å². The van der Waals surface area contributed by atoms with Crippen molar-refractivity contribution in [1.29, 1.82) is 0 Å². The second-order valence-electron chi connectivity index (χ2n) is 18.0. The van der Waals surface area contributed by atoms with Gasteiger partial charge in [0.25, 0.3) is 0 Å². The smallest absolute Gasteiger partial charge is 0.0714 e. The minimum atomic E-state index is -0.527. The summed E-state index contributed by atoms with van der Waals surface area (Å²) in [6.07, 6.45) is 0. The Hall–Kier alpha value is -8.78. The lowest BCUT2D eigenvalue weighted by molar-refractivity contribution is 0.768. The molecule has 0 aliphatic heterocycles. The molecule has 12 aromatic carbocycles. The molecule has 0 heterocycles. The fraction of sp³-hybridized carbons (Fsp3) is 0.0149. The lowest BCUT2D eigenvalue weighted by atomic mass is 9.67. The van der Waals surface area contributed by atoms with Crippen molar-refractivity contribution in [2.45, 2.75) is 5.41 Å². The van der Waals surface area contributed by atoms with Crippen LogP contribution < -0.4 is 4.90 Å². The maximum absolute atomic E-state index is 2.47. The van der Waals surface area contributed by atoms with Crippen LogP contribution in [0.2, 0.25) is 0 Å². The Morgan fingerprint density at radius 1 is 0.235 bits per heavy atom. The van der Waals surface area contributed by atoms with Crippen molar-refractivity contribution in [3.05, 3.63) is 295 Å². The molecule has 12 aromatic rings. The molecular formula is C67H45N. The summed E-state index contributed by atoms with van der Waals surface area (Å²) >= 11 is 0. The number of hydrogen-bond donors (Lipinski definition) is 0. The van der Waals surface area contributed by atoms with Gasteiger partial charge in [-0.15, -0.1) is 0 Å². The predicted octanol–water partition coefficient (Wildman–Crippen LogP) is 18.0. The average Bonchev–Trinajstić information content (AvgIpc) is 3.72. The van der Waals surface area contributed by atoms with Gasteiger partial charge in [0.2, 0.25) is 0 Å². The number of benzene rings is 12. The van der Waals surface area contributed by atoms with Gasteiger partial charge in [0.1, 0.15) is 0 Å². The summed E-state index contributed by atoms with van der Waals surface area (Å²) in [4.78, 5) is 2.45. The minimum Gasteiger partial charge on any atom is -0.310 e. The Labute approximate surface area is 397 Å². The molecule has 0 N–H and O–H groups in total. The number of anilines is 3. The van der Waals surface area contributed by atoms with E-state index in [-0.39, 0.29) is 0 Å². The molecule has 0 bridgehead atoms. The van der Waals surface area contributed by atoms with Crippen LogP contribution in [0.1, 0.15) is 22.3 Å². The summed E-state index contributed by atoms with van der Waals surface area (Å²) in [6, 6.07) is 101. The number of rotatable bonds is 8. The van der Waals surface area contributed by atoms with Gasteiger partial charge >= 0.3 is 0 Å². The van der Waals surface area contributed by atoms with Crippen LogP contribution in [0, 0.1) is 0 Å². The molecule has 0 saturated carbocycles. The third kappa shape index (κ3) is 6.39. The normalized spacial score (nSPS) is 12.5. The molecule has 0 amide bonds. The first-order chi connectivity index (χ1) is 33.7. The predicted molar refractivity (Wildman–Crippen MR) is 287 cm³/mol. The number of hydrogen-bond acceptors (Lipinski definition) is 1. The highest BCUT2D eigenvalue weighted by molar-refractivity contribution is 6.14. The molecule has 1 aliphatic carbocycles. The summed E-state index contributed by atoms with van der Waals surface area (Å²) in [5.74, 6) is 0. The maximum atomic E-state index is 2.47. The van der Waals surface area contributed by atoms with Crippen LogP contribution in [0.25, 0.3) is 76.8 Å². The Kier molecular flexibility index (Phi) is 9.47. The van der Waals surface area contributed by atoms with Crippen molar-refractivity contribution in [1.82, 2.24) is 0 Å². The third-order valence-corrected chi connectivity index (χ3v) is 14.3. The van der Waals surface area contributed by atoms with E-state index in [1.165, 1.54) is 93.5 Å². The SMILES string of the molecule is c1ccc(C2(c3ccccc3)c3ccccc3-c3ccc(N(c4ccc(-c5cc6ccccc6c6ccccc56)cc4)c4cccc(-c5cccc(-c6cccc7ccccc67)c5)c4)cc32)cc1. The highest BCUT2D eigenvalue weighted by Gasteiger charge is 2.46. The standard InChI is InChI=1S/C67H45N/c1-3-24-52(25-4-1)67(53-26-5-2-6-27-53)65-35-14-13-33-62(65)63-41-40-56(45-66(63)67)68(54-38-36-47(37-39-54)64-44-51-19-8-10-30-59(51)60-31-11-12-32-61(60)64)55-28-16-22-49(43-55)48-21-15-23-50(42-48)58-34-17-20-46-18-7-9-29-57(46)58/h1-45H. The van der Waals surface area contributed by atoms with E-state index in [2.05, 4.69) is 278 Å². The zero-order chi connectivity index (χ0) is 45.0. The molecule has 1 heteroatoms. The fourth-order valence-corrected chi connectivity index (χ4v) is 11.3. The maximum Gasteiger partial charge on any atom is 0.0714 e. The second kappa shape index (κ2) is 16.3. The van der Waals surface area contributed by atoms with Gasteiger partial charge in [-0.25, -0.2) is 0 Å². The van der Waals surface area contributed by atoms with Crippen LogP contribution in [0.15, 0.2) is 273 Å². The highest BCUT2D eigenvalue weighted by atomic mass is 15.1. The number of fused-ring (bicyclic) bond motifs is 7. The van der Waals surface area contributed by atoms with Crippen molar-refractivity contribution < 1.29 is 0 Å². The average molecular weight is 864 g/mol. The molecule has 68 heavy (non-hydrogen) atoms. The molecule has 0 fully saturated rings. The molecule has 1 nitrogen and oxygen atoms in total. The van der Waals surface area contributed by atoms with Crippen LogP contribution in [0.3, 0.4) is 0 Å². The van der Waals surface area contributed by atoms with Gasteiger partial charge in [-0.05, 0) is 148 Å². The van der Waals surface area contributed by atoms with Crippen molar-refractivity contribution in [3.8, 4) is 44.5 Å². The topological polar surface area (TPSA) is 3.24 Å². The van der Waals surface area contributed by atoms with Crippen molar-refractivity contribution in [2.75, 3.05) is 4.90 Å². The van der Waals surface area contributed by atoms with Crippen LogP contribution in [-0.2, 0) is 5.41 Å². The number of nitrogens with zero attached hydrogens (tertiary/aromatic N) is 1. The van der Waals surface area contributed by atoms with Gasteiger partial charge in [-0.2, -0.15) is 0 Å². The van der Waals surface area contributed by atoms with Crippen LogP contribution in [0.4, 0.5) is 17.1 Å². The zero-order valence-corrected chi connectivity index (χ0v) is 37.4. The summed E-state index contributed by atoms with van der Waals surface area (Å²) in [6.45, 7) is 0. The van der Waals surface area contributed by atoms with Gasteiger partial charge < -0.3 is 4.90 Å². The van der Waals surface area contributed by atoms with Gasteiger partial charge in [0.15, 0.2) is 0 Å². The first-order valence-electron chi connectivity index (χ1n) is 23.6. The molecule has 0 unspecified atom stereocenters. The quantitative estimate of drug-likeness (QED) is 0.138. The van der Waals surface area contributed by atoms with Gasteiger partial charge in [-0.1, -0.05) is 224 Å². The molecular weight excluding hydrogens is 819 g/mol. The lowest BCUT2D eigenvalue weighted by Crippen LogP contribution is -2.28. The molecule has 1 aliphatic rings.